The average molecular weight is 371 g/mol. The zero-order valence-electron chi connectivity index (χ0n) is 13.4. The number of nitrogens with one attached hydrogen (secondary N) is 1. The van der Waals surface area contributed by atoms with E-state index < -0.39 is 11.3 Å². The zero-order valence-corrected chi connectivity index (χ0v) is 15.0. The Morgan fingerprint density at radius 2 is 2.00 bits per heavy atom. The summed E-state index contributed by atoms with van der Waals surface area (Å²) in [6.45, 7) is 1.48. The summed E-state index contributed by atoms with van der Waals surface area (Å²) in [7, 11) is 0. The van der Waals surface area contributed by atoms with E-state index >= 15 is 0 Å². The minimum Gasteiger partial charge on any atom is -0.755 e. The number of pyridine rings is 1. The molecule has 128 valence electrons. The summed E-state index contributed by atoms with van der Waals surface area (Å²) < 4.78 is 24.3. The lowest BCUT2D eigenvalue weighted by atomic mass is 10.1. The minimum absolute atomic E-state index is 0.0649. The Kier molecular flexibility index (Phi) is 5.47. The van der Waals surface area contributed by atoms with Crippen LogP contribution in [0.2, 0.25) is 0 Å². The van der Waals surface area contributed by atoms with E-state index in [9.17, 15) is 13.6 Å². The summed E-state index contributed by atoms with van der Waals surface area (Å²) >= 11 is -0.934. The molecule has 0 aliphatic rings. The molecule has 0 saturated heterocycles. The highest BCUT2D eigenvalue weighted by Gasteiger charge is 2.08. The van der Waals surface area contributed by atoms with E-state index in [2.05, 4.69) is 9.71 Å². The van der Waals surface area contributed by atoms with E-state index in [1.54, 1.807) is 18.2 Å². The van der Waals surface area contributed by atoms with Crippen LogP contribution in [0, 0.1) is 0 Å². The van der Waals surface area contributed by atoms with Crippen molar-refractivity contribution < 1.29 is 13.6 Å². The second kappa shape index (κ2) is 7.77. The van der Waals surface area contributed by atoms with Gasteiger partial charge in [0.25, 0.3) is 0 Å². The molecule has 3 rings (SSSR count). The molecule has 0 radical (unpaired) electrons. The molecule has 1 aromatic heterocycles. The van der Waals surface area contributed by atoms with Crippen molar-refractivity contribution >= 4 is 45.4 Å². The van der Waals surface area contributed by atoms with Gasteiger partial charge in [0.1, 0.15) is 0 Å². The maximum atomic E-state index is 11.6. The Morgan fingerprint density at radius 1 is 1.20 bits per heavy atom. The first-order valence-electron chi connectivity index (χ1n) is 7.51. The first-order valence-corrected chi connectivity index (χ1v) is 9.57. The van der Waals surface area contributed by atoms with Crippen LogP contribution in [-0.2, 0) is 17.0 Å². The van der Waals surface area contributed by atoms with Gasteiger partial charge in [-0.15, -0.1) is 11.8 Å². The van der Waals surface area contributed by atoms with Crippen molar-refractivity contribution in [3.63, 3.8) is 0 Å². The van der Waals surface area contributed by atoms with Crippen molar-refractivity contribution in [1.82, 2.24) is 4.98 Å². The van der Waals surface area contributed by atoms with Crippen molar-refractivity contribution in [2.75, 3.05) is 4.72 Å². The molecule has 0 amide bonds. The van der Waals surface area contributed by atoms with Crippen LogP contribution < -0.4 is 4.72 Å². The second-order valence-electron chi connectivity index (χ2n) is 5.40. The number of hydrogen-bond donors (Lipinski definition) is 1. The van der Waals surface area contributed by atoms with Gasteiger partial charge in [0, 0.05) is 33.7 Å². The number of anilines is 1. The summed E-state index contributed by atoms with van der Waals surface area (Å²) in [5.41, 5.74) is 2.65. The number of Topliss-reactive ketones (excluding diaryl/α,β-unsaturated/α-hetero) is 1. The number of benzene rings is 2. The third-order valence-corrected chi connectivity index (χ3v) is 5.02. The van der Waals surface area contributed by atoms with E-state index in [0.29, 0.717) is 17.0 Å². The Bertz CT molecular complexity index is 960. The fourth-order valence-electron chi connectivity index (χ4n) is 2.40. The van der Waals surface area contributed by atoms with Crippen LogP contribution in [0.15, 0.2) is 59.6 Å². The molecule has 1 atom stereocenters. The molecule has 2 aromatic carbocycles. The van der Waals surface area contributed by atoms with Gasteiger partial charge in [0.15, 0.2) is 5.78 Å². The quantitative estimate of drug-likeness (QED) is 0.403. The van der Waals surface area contributed by atoms with Crippen molar-refractivity contribution in [2.24, 2.45) is 0 Å². The third kappa shape index (κ3) is 4.45. The van der Waals surface area contributed by atoms with Gasteiger partial charge in [-0.2, -0.15) is 0 Å². The maximum absolute atomic E-state index is 11.6. The number of para-hydroxylation sites is 1. The number of rotatable bonds is 6. The van der Waals surface area contributed by atoms with Crippen molar-refractivity contribution in [2.45, 2.75) is 17.7 Å². The number of thioether (sulfide) groups is 1. The number of nitrogens with zero attached hydrogens (tertiary/aromatic N) is 1. The molecule has 0 fully saturated rings. The van der Waals surface area contributed by atoms with Crippen molar-refractivity contribution in [1.29, 1.82) is 0 Å². The summed E-state index contributed by atoms with van der Waals surface area (Å²) in [6.07, 6.45) is 0. The van der Waals surface area contributed by atoms with Crippen LogP contribution in [0.1, 0.15) is 22.8 Å². The molecule has 3 aromatic rings. The van der Waals surface area contributed by atoms with Gasteiger partial charge in [0.2, 0.25) is 0 Å². The minimum atomic E-state index is -2.42. The Morgan fingerprint density at radius 3 is 2.76 bits per heavy atom. The van der Waals surface area contributed by atoms with Crippen LogP contribution in [0.25, 0.3) is 10.9 Å². The molecule has 7 heteroatoms. The SMILES string of the molecule is CC(=O)c1ccc(NS(=O)[O-])c(CSc2ccc3ccccc3n2)c1. The number of ketones is 1. The zero-order chi connectivity index (χ0) is 17.8. The maximum Gasteiger partial charge on any atom is 0.159 e. The highest BCUT2D eigenvalue weighted by atomic mass is 32.2. The Hall–Kier alpha value is -2.22. The summed E-state index contributed by atoms with van der Waals surface area (Å²) in [5.74, 6) is 0.427. The van der Waals surface area contributed by atoms with Gasteiger partial charge in [-0.1, -0.05) is 24.3 Å². The average Bonchev–Trinajstić information content (AvgIpc) is 2.60. The highest BCUT2D eigenvalue weighted by Crippen LogP contribution is 2.28. The van der Waals surface area contributed by atoms with E-state index in [1.807, 2.05) is 36.4 Å². The molecular formula is C18H15N2O3S2-. The number of carbonyl (C=O) groups excluding carboxylic acids is 1. The summed E-state index contributed by atoms with van der Waals surface area (Å²) in [4.78, 5) is 16.2. The van der Waals surface area contributed by atoms with Gasteiger partial charge < -0.3 is 9.27 Å². The van der Waals surface area contributed by atoms with E-state index in [0.717, 1.165) is 21.5 Å². The summed E-state index contributed by atoms with van der Waals surface area (Å²) in [6, 6.07) is 16.7. The van der Waals surface area contributed by atoms with E-state index in [1.165, 1.54) is 18.7 Å². The predicted molar refractivity (Wildman–Crippen MR) is 100 cm³/mol. The first-order chi connectivity index (χ1) is 12.0. The normalized spacial score (nSPS) is 12.1. The molecule has 0 saturated carbocycles. The molecule has 0 aliphatic heterocycles. The fraction of sp³-hybridized carbons (Fsp3) is 0.111. The predicted octanol–water partition coefficient (Wildman–Crippen LogP) is 3.94. The van der Waals surface area contributed by atoms with Gasteiger partial charge in [-0.05, 0) is 42.8 Å². The van der Waals surface area contributed by atoms with Crippen LogP contribution in [0.3, 0.4) is 0 Å². The molecule has 1 heterocycles. The topological polar surface area (TPSA) is 82.1 Å². The molecule has 0 aliphatic carbocycles. The molecular weight excluding hydrogens is 356 g/mol. The standard InChI is InChI=1S/C18H16N2O3S2/c1-12(21)14-6-8-17(20-25(22)23)15(10-14)11-24-18-9-7-13-4-2-3-5-16(13)19-18/h2-10,20H,11H2,1H3,(H,22,23)/p-1. The summed E-state index contributed by atoms with van der Waals surface area (Å²) in [5, 5.41) is 1.90. The number of aromatic nitrogens is 1. The highest BCUT2D eigenvalue weighted by molar-refractivity contribution is 7.98. The third-order valence-electron chi connectivity index (χ3n) is 3.65. The van der Waals surface area contributed by atoms with Gasteiger partial charge >= 0.3 is 0 Å². The lowest BCUT2D eigenvalue weighted by Gasteiger charge is -2.14. The number of fused-ring (bicyclic) bond motifs is 1. The molecule has 1 unspecified atom stereocenters. The first kappa shape index (κ1) is 17.6. The van der Waals surface area contributed by atoms with E-state index in [-0.39, 0.29) is 5.78 Å². The monoisotopic (exact) mass is 371 g/mol. The van der Waals surface area contributed by atoms with E-state index in [4.69, 9.17) is 0 Å². The Balaban J connectivity index is 1.85. The molecule has 0 bridgehead atoms. The molecule has 5 nitrogen and oxygen atoms in total. The molecule has 25 heavy (non-hydrogen) atoms. The van der Waals surface area contributed by atoms with Crippen molar-refractivity contribution in [3.05, 3.63) is 65.7 Å². The van der Waals surface area contributed by atoms with Crippen LogP contribution in [-0.4, -0.2) is 19.5 Å². The second-order valence-corrected chi connectivity index (χ2v) is 7.06. The lowest BCUT2D eigenvalue weighted by molar-refractivity contribution is 0.101. The fourth-order valence-corrected chi connectivity index (χ4v) is 3.65. The smallest absolute Gasteiger partial charge is 0.159 e. The number of hydrogen-bond acceptors (Lipinski definition) is 5. The van der Waals surface area contributed by atoms with Gasteiger partial charge in [-0.3, -0.25) is 9.00 Å². The van der Waals surface area contributed by atoms with Crippen LogP contribution >= 0.6 is 11.8 Å². The van der Waals surface area contributed by atoms with Crippen LogP contribution in [0.4, 0.5) is 5.69 Å². The molecule has 1 N–H and O–H groups in total. The Labute approximate surface area is 152 Å². The van der Waals surface area contributed by atoms with Crippen molar-refractivity contribution in [3.8, 4) is 0 Å². The largest absolute Gasteiger partial charge is 0.755 e. The van der Waals surface area contributed by atoms with Crippen LogP contribution in [0.5, 0.6) is 0 Å². The van der Waals surface area contributed by atoms with Gasteiger partial charge in [-0.25, -0.2) is 4.98 Å². The molecule has 0 spiro atoms. The lowest BCUT2D eigenvalue weighted by Crippen LogP contribution is -2.06. The van der Waals surface area contributed by atoms with Gasteiger partial charge in [0.05, 0.1) is 10.5 Å². The number of carbonyl (C=O) groups is 1.